The van der Waals surface area contributed by atoms with Gasteiger partial charge in [-0.2, -0.15) is 0 Å². The van der Waals surface area contributed by atoms with Gasteiger partial charge in [-0.05, 0) is 13.8 Å². The zero-order valence-corrected chi connectivity index (χ0v) is 31.3. The van der Waals surface area contributed by atoms with E-state index in [0.29, 0.717) is 38.5 Å². The average molecular weight is 791 g/mol. The molecule has 6 atom stereocenters. The Labute approximate surface area is 329 Å². The molecular formula is C36H62N12O8. The smallest absolute Gasteiger partial charge is 0.417 e. The second-order valence-corrected chi connectivity index (χ2v) is 15.1. The van der Waals surface area contributed by atoms with E-state index in [0.717, 1.165) is 65.4 Å². The third-order valence-corrected chi connectivity index (χ3v) is 12.6. The average Bonchev–Trinajstić information content (AvgIpc) is 4.03. The summed E-state index contributed by atoms with van der Waals surface area (Å²) >= 11 is 0. The van der Waals surface area contributed by atoms with Gasteiger partial charge in [0.15, 0.2) is 0 Å². The van der Waals surface area contributed by atoms with Crippen molar-refractivity contribution in [2.75, 3.05) is 131 Å². The van der Waals surface area contributed by atoms with Gasteiger partial charge in [0.2, 0.25) is 0 Å². The van der Waals surface area contributed by atoms with Crippen molar-refractivity contribution < 1.29 is 38.2 Å². The van der Waals surface area contributed by atoms with Gasteiger partial charge in [0.05, 0.1) is 25.5 Å². The zero-order chi connectivity index (χ0) is 37.7. The Bertz CT molecular complexity index is 1330. The largest absolute Gasteiger partial charge is 0.458 e. The van der Waals surface area contributed by atoms with E-state index >= 15 is 0 Å². The second-order valence-electron chi connectivity index (χ2n) is 15.1. The molecule has 0 aromatic carbocycles. The number of hydrogen-bond acceptors (Lipinski definition) is 16. The molecule has 56 heavy (non-hydrogen) atoms. The first-order valence-corrected chi connectivity index (χ1v) is 19.7. The standard InChI is InChI=1S/2C10H14N4O2.C8H16N4.C6H10O4.2CH4/c2*15-9-10(16)14-6-4-12-2-1-11-3-5-13(9)7(11)8(12)14;1-3-11-5-6-12-4-2-10-8(12)7(11)9-1;1-3-9-5(7)6(8)10-4-2;;/h2*7-8H,1-6H2;7-10H,1-6H2;3-4H2,1-2H3;2*1H4/t7-,8+;7-,8-;;;;/m.0..../s1. The highest BCUT2D eigenvalue weighted by atomic mass is 16.6. The Morgan fingerprint density at radius 3 is 0.964 bits per heavy atom. The number of fused-ring (bicyclic) bond motifs is 3. The van der Waals surface area contributed by atoms with Gasteiger partial charge in [0.1, 0.15) is 24.7 Å². The third-order valence-electron chi connectivity index (χ3n) is 12.6. The number of ether oxygens (including phenoxy) is 2. The molecule has 2 N–H and O–H groups in total. The van der Waals surface area contributed by atoms with E-state index in [2.05, 4.69) is 49.5 Å². The third kappa shape index (κ3) is 7.38. The molecule has 0 aliphatic carbocycles. The minimum Gasteiger partial charge on any atom is -0.458 e. The van der Waals surface area contributed by atoms with Gasteiger partial charge in [-0.25, -0.2) is 9.59 Å². The van der Waals surface area contributed by atoms with Crippen LogP contribution in [0.15, 0.2) is 0 Å². The van der Waals surface area contributed by atoms with Gasteiger partial charge in [0.25, 0.3) is 0 Å². The van der Waals surface area contributed by atoms with Crippen LogP contribution in [-0.4, -0.2) is 253 Å². The van der Waals surface area contributed by atoms with Crippen LogP contribution in [0.3, 0.4) is 0 Å². The number of piperazine rings is 5. The highest BCUT2D eigenvalue weighted by Gasteiger charge is 2.58. The molecule has 11 saturated heterocycles. The Hall–Kier alpha value is -3.50. The topological polar surface area (TPSA) is 177 Å². The van der Waals surface area contributed by atoms with Gasteiger partial charge in [-0.15, -0.1) is 0 Å². The van der Waals surface area contributed by atoms with E-state index in [1.165, 1.54) is 26.2 Å². The summed E-state index contributed by atoms with van der Waals surface area (Å²) in [5.41, 5.74) is 0. The zero-order valence-electron chi connectivity index (χ0n) is 31.3. The number of rotatable bonds is 2. The number of nitrogens with one attached hydrogen (secondary N) is 2. The van der Waals surface area contributed by atoms with Crippen molar-refractivity contribution in [3.05, 3.63) is 0 Å². The maximum Gasteiger partial charge on any atom is 0.417 e. The molecule has 20 nitrogen and oxygen atoms in total. The van der Waals surface area contributed by atoms with E-state index in [9.17, 15) is 28.8 Å². The van der Waals surface area contributed by atoms with Crippen LogP contribution in [0.4, 0.5) is 0 Å². The van der Waals surface area contributed by atoms with Crippen LogP contribution < -0.4 is 10.6 Å². The van der Waals surface area contributed by atoms with Crippen molar-refractivity contribution in [3.8, 4) is 0 Å². The van der Waals surface area contributed by atoms with E-state index in [4.69, 9.17) is 0 Å². The lowest BCUT2D eigenvalue weighted by Crippen LogP contribution is -2.69. The van der Waals surface area contributed by atoms with Crippen molar-refractivity contribution in [1.29, 1.82) is 0 Å². The molecule has 11 aliphatic heterocycles. The monoisotopic (exact) mass is 790 g/mol. The van der Waals surface area contributed by atoms with Crippen LogP contribution in [0.5, 0.6) is 0 Å². The fraction of sp³-hybridized carbons (Fsp3) is 0.833. The van der Waals surface area contributed by atoms with Crippen molar-refractivity contribution in [3.63, 3.8) is 0 Å². The molecule has 2 unspecified atom stereocenters. The summed E-state index contributed by atoms with van der Waals surface area (Å²) in [6, 6.07) is 0. The summed E-state index contributed by atoms with van der Waals surface area (Å²) in [5.74, 6) is -3.05. The highest BCUT2D eigenvalue weighted by Crippen LogP contribution is 2.35. The van der Waals surface area contributed by atoms with Crippen LogP contribution in [0.25, 0.3) is 0 Å². The molecule has 11 fully saturated rings. The normalized spacial score (nSPS) is 32.8. The summed E-state index contributed by atoms with van der Waals surface area (Å²) in [7, 11) is 0. The fourth-order valence-electron chi connectivity index (χ4n) is 10.1. The van der Waals surface area contributed by atoms with E-state index < -0.39 is 11.9 Å². The molecule has 314 valence electrons. The molecule has 11 heterocycles. The molecule has 0 saturated carbocycles. The number of nitrogens with zero attached hydrogens (tertiary/aromatic N) is 10. The maximum atomic E-state index is 11.9. The Kier molecular flexibility index (Phi) is 13.2. The van der Waals surface area contributed by atoms with Crippen molar-refractivity contribution >= 4 is 35.6 Å². The number of amides is 4. The highest BCUT2D eigenvalue weighted by molar-refractivity contribution is 6.36. The first-order valence-electron chi connectivity index (χ1n) is 19.7. The molecule has 20 heteroatoms. The summed E-state index contributed by atoms with van der Waals surface area (Å²) in [6.45, 7) is 21.5. The van der Waals surface area contributed by atoms with Crippen molar-refractivity contribution in [2.45, 2.75) is 65.7 Å². The molecule has 11 rings (SSSR count). The van der Waals surface area contributed by atoms with Gasteiger partial charge in [-0.3, -0.25) is 59.2 Å². The Morgan fingerprint density at radius 2 is 0.696 bits per heavy atom. The molecule has 0 radical (unpaired) electrons. The molecule has 0 aromatic rings. The Balaban J connectivity index is 0.000000128. The number of carbonyl (C=O) groups excluding carboxylic acids is 6. The molecule has 0 aromatic heterocycles. The Morgan fingerprint density at radius 1 is 0.446 bits per heavy atom. The summed E-state index contributed by atoms with van der Waals surface area (Å²) < 4.78 is 8.69. The van der Waals surface area contributed by atoms with E-state index in [1.807, 2.05) is 0 Å². The van der Waals surface area contributed by atoms with E-state index in [-0.39, 0.29) is 76.4 Å². The SMILES string of the molecule is C.C.C1CN2CCN3CCNC3C2N1.CCOC(=O)C(=O)OCC.O=C1C(=O)N2CCN3CCN4CCN1[C@@H]4[C@@H]32.O=C1C(=O)N2CCN3CCN4CCN1[C@H]4[C@@H]32. The molecule has 0 spiro atoms. The lowest BCUT2D eigenvalue weighted by molar-refractivity contribution is -0.169. The van der Waals surface area contributed by atoms with Gasteiger partial charge in [0, 0.05) is 118 Å². The first-order chi connectivity index (χ1) is 26.2. The van der Waals surface area contributed by atoms with Crippen LogP contribution in [0, 0.1) is 0 Å². The molecule has 4 amide bonds. The lowest BCUT2D eigenvalue weighted by Gasteiger charge is -2.48. The summed E-state index contributed by atoms with van der Waals surface area (Å²) in [6.07, 6.45) is 1.67. The summed E-state index contributed by atoms with van der Waals surface area (Å²) in [4.78, 5) is 90.1. The van der Waals surface area contributed by atoms with Crippen LogP contribution in [0.1, 0.15) is 28.7 Å². The van der Waals surface area contributed by atoms with Crippen molar-refractivity contribution in [1.82, 2.24) is 59.6 Å². The fourth-order valence-corrected chi connectivity index (χ4v) is 10.1. The quantitative estimate of drug-likeness (QED) is 0.203. The maximum absolute atomic E-state index is 11.9. The predicted octanol–water partition coefficient (Wildman–Crippen LogP) is -4.24. The van der Waals surface area contributed by atoms with Crippen LogP contribution >= 0.6 is 0 Å². The molecular weight excluding hydrogens is 728 g/mol. The van der Waals surface area contributed by atoms with Gasteiger partial charge < -0.3 is 29.1 Å². The minimum atomic E-state index is -0.927. The van der Waals surface area contributed by atoms with Crippen molar-refractivity contribution in [2.24, 2.45) is 0 Å². The number of hydrogen-bond donors (Lipinski definition) is 2. The van der Waals surface area contributed by atoms with Crippen LogP contribution in [-0.2, 0) is 38.2 Å². The second kappa shape index (κ2) is 17.6. The predicted molar refractivity (Wildman–Crippen MR) is 202 cm³/mol. The number of carbonyl (C=O) groups is 6. The lowest BCUT2D eigenvalue weighted by atomic mass is 10.1. The number of esters is 2. The first kappa shape index (κ1) is 42.1. The van der Waals surface area contributed by atoms with Gasteiger partial charge >= 0.3 is 35.6 Å². The molecule has 11 aliphatic rings. The minimum absolute atomic E-state index is 0. The summed E-state index contributed by atoms with van der Waals surface area (Å²) in [5, 5.41) is 7.10. The van der Waals surface area contributed by atoms with E-state index in [1.54, 1.807) is 33.4 Å². The van der Waals surface area contributed by atoms with Gasteiger partial charge in [-0.1, -0.05) is 14.9 Å². The van der Waals surface area contributed by atoms with Crippen LogP contribution in [0.2, 0.25) is 0 Å². The molecule has 0 bridgehead atoms.